The van der Waals surface area contributed by atoms with Crippen LogP contribution in [0.3, 0.4) is 0 Å². The summed E-state index contributed by atoms with van der Waals surface area (Å²) in [4.78, 5) is 4.79. The number of rotatable bonds is 3. The molecule has 2 aliphatic rings. The summed E-state index contributed by atoms with van der Waals surface area (Å²) >= 11 is 0. The molecule has 204 valence electrons. The highest BCUT2D eigenvalue weighted by molar-refractivity contribution is 5.93. The van der Waals surface area contributed by atoms with Gasteiger partial charge in [-0.3, -0.25) is 0 Å². The quantitative estimate of drug-likeness (QED) is 0.219. The van der Waals surface area contributed by atoms with Gasteiger partial charge in [0.25, 0.3) is 0 Å². The highest BCUT2D eigenvalue weighted by Gasteiger charge is 2.52. The summed E-state index contributed by atoms with van der Waals surface area (Å²) in [6, 6.07) is 52.8. The van der Waals surface area contributed by atoms with Crippen LogP contribution in [0.2, 0.25) is 0 Å². The summed E-state index contributed by atoms with van der Waals surface area (Å²) < 4.78 is 6.52. The first-order chi connectivity index (χ1) is 21.2. The first-order valence-corrected chi connectivity index (χ1v) is 14.4. The van der Waals surface area contributed by atoms with Crippen molar-refractivity contribution >= 4 is 28.4 Å². The Morgan fingerprint density at radius 1 is 0.558 bits per heavy atom. The fourth-order valence-electron chi connectivity index (χ4n) is 6.88. The fourth-order valence-corrected chi connectivity index (χ4v) is 6.88. The Morgan fingerprint density at radius 2 is 1.07 bits per heavy atom. The highest BCUT2D eigenvalue weighted by Crippen LogP contribution is 2.62. The molecule has 0 fully saturated rings. The van der Waals surface area contributed by atoms with Crippen molar-refractivity contribution in [3.8, 4) is 17.6 Å². The minimum absolute atomic E-state index is 0.621. The van der Waals surface area contributed by atoms with Gasteiger partial charge in [-0.1, -0.05) is 84.9 Å². The molecule has 0 unspecified atom stereocenters. The lowest BCUT2D eigenvalue weighted by atomic mass is 9.69. The topological polar surface area (TPSA) is 39.5 Å². The van der Waals surface area contributed by atoms with Crippen molar-refractivity contribution in [2.24, 2.45) is 0 Å². The summed E-state index contributed by atoms with van der Waals surface area (Å²) in [6.07, 6.45) is 0. The van der Waals surface area contributed by atoms with Gasteiger partial charge >= 0.3 is 0 Å². The number of hydrogen-bond donors (Lipinski definition) is 0. The molecule has 0 saturated heterocycles. The number of para-hydroxylation sites is 7. The van der Waals surface area contributed by atoms with Crippen LogP contribution >= 0.6 is 0 Å². The summed E-state index contributed by atoms with van der Waals surface area (Å²) in [5.41, 5.74) is 9.29. The predicted molar refractivity (Wildman–Crippen MR) is 172 cm³/mol. The molecule has 0 aliphatic carbocycles. The molecule has 0 bridgehead atoms. The maximum atomic E-state index is 10.2. The van der Waals surface area contributed by atoms with Gasteiger partial charge in [-0.25, -0.2) is 0 Å². The van der Waals surface area contributed by atoms with Gasteiger partial charge in [0.05, 0.1) is 34.4 Å². The van der Waals surface area contributed by atoms with E-state index in [1.807, 2.05) is 36.4 Å². The van der Waals surface area contributed by atoms with E-state index in [1.54, 1.807) is 0 Å². The zero-order valence-corrected chi connectivity index (χ0v) is 23.6. The van der Waals surface area contributed by atoms with E-state index < -0.39 is 5.54 Å². The molecule has 0 radical (unpaired) electrons. The number of nitrogens with zero attached hydrogens (tertiary/aromatic N) is 3. The first-order valence-electron chi connectivity index (χ1n) is 14.4. The smallest absolute Gasteiger partial charge is 0.151 e. The fraction of sp³-hybridized carbons (Fsp3) is 0.0513. The van der Waals surface area contributed by atoms with Crippen LogP contribution in [-0.4, -0.2) is 0 Å². The van der Waals surface area contributed by atoms with Gasteiger partial charge in [0.1, 0.15) is 5.54 Å². The highest BCUT2D eigenvalue weighted by atomic mass is 16.5. The van der Waals surface area contributed by atoms with Gasteiger partial charge in [0, 0.05) is 16.8 Å². The molecule has 0 amide bonds. The van der Waals surface area contributed by atoms with Crippen LogP contribution in [0, 0.1) is 18.3 Å². The largest absolute Gasteiger partial charge is 0.453 e. The molecular weight excluding hydrogens is 526 g/mol. The average Bonchev–Trinajstić information content (AvgIpc) is 3.07. The maximum Gasteiger partial charge on any atom is 0.151 e. The van der Waals surface area contributed by atoms with Crippen molar-refractivity contribution in [1.29, 1.82) is 5.26 Å². The van der Waals surface area contributed by atoms with E-state index >= 15 is 0 Å². The molecule has 0 atom stereocenters. The zero-order chi connectivity index (χ0) is 29.0. The van der Waals surface area contributed by atoms with Gasteiger partial charge < -0.3 is 14.5 Å². The van der Waals surface area contributed by atoms with Crippen LogP contribution in [0.15, 0.2) is 146 Å². The second-order valence-electron chi connectivity index (χ2n) is 10.9. The van der Waals surface area contributed by atoms with Gasteiger partial charge in [0.15, 0.2) is 11.5 Å². The molecule has 2 aliphatic heterocycles. The second-order valence-corrected chi connectivity index (χ2v) is 10.9. The van der Waals surface area contributed by atoms with Crippen molar-refractivity contribution in [2.75, 3.05) is 9.80 Å². The van der Waals surface area contributed by atoms with Crippen molar-refractivity contribution in [1.82, 2.24) is 0 Å². The third-order valence-corrected chi connectivity index (χ3v) is 8.61. The third-order valence-electron chi connectivity index (χ3n) is 8.61. The molecule has 4 heteroatoms. The summed E-state index contributed by atoms with van der Waals surface area (Å²) in [5.74, 6) is 1.57. The Bertz CT molecular complexity index is 1970. The molecule has 0 aromatic heterocycles. The van der Waals surface area contributed by atoms with Crippen molar-refractivity contribution in [2.45, 2.75) is 12.5 Å². The standard InChI is InChI=1S/C39H27N3O/c1-27-23-24-28(26-40)25-32(27)39(42-35-19-9-11-21-37(35)43-38-22-12-10-20-36(38)42)30-15-5-7-17-33(30)41(29-13-3-2-4-14-29)34-18-8-6-16-31(34)39/h2-25H,1H3. The Balaban J connectivity index is 1.59. The molecule has 0 spiro atoms. The minimum Gasteiger partial charge on any atom is -0.453 e. The molecule has 2 heterocycles. The Morgan fingerprint density at radius 3 is 1.65 bits per heavy atom. The lowest BCUT2D eigenvalue weighted by Gasteiger charge is -2.53. The van der Waals surface area contributed by atoms with Gasteiger partial charge in [-0.05, 0) is 78.7 Å². The number of anilines is 5. The summed E-state index contributed by atoms with van der Waals surface area (Å²) in [6.45, 7) is 2.14. The lowest BCUT2D eigenvalue weighted by Crippen LogP contribution is -2.50. The van der Waals surface area contributed by atoms with E-state index in [2.05, 4.69) is 132 Å². The number of benzene rings is 6. The minimum atomic E-state index is -0.856. The Labute approximate surface area is 251 Å². The number of aryl methyl sites for hydroxylation is 1. The van der Waals surface area contributed by atoms with E-state index in [-0.39, 0.29) is 0 Å². The normalized spacial score (nSPS) is 14.0. The molecule has 0 N–H and O–H groups in total. The Kier molecular flexibility index (Phi) is 5.60. The van der Waals surface area contributed by atoms with E-state index in [0.717, 1.165) is 62.2 Å². The number of fused-ring (bicyclic) bond motifs is 4. The molecule has 0 saturated carbocycles. The maximum absolute atomic E-state index is 10.2. The summed E-state index contributed by atoms with van der Waals surface area (Å²) in [7, 11) is 0. The zero-order valence-electron chi connectivity index (χ0n) is 23.6. The number of hydrogen-bond acceptors (Lipinski definition) is 4. The first kappa shape index (κ1) is 25.0. The van der Waals surface area contributed by atoms with Crippen LogP contribution in [0.25, 0.3) is 0 Å². The van der Waals surface area contributed by atoms with Crippen molar-refractivity contribution in [3.63, 3.8) is 0 Å². The van der Waals surface area contributed by atoms with Crippen LogP contribution in [0.1, 0.15) is 27.8 Å². The Hall–Kier alpha value is -5.79. The SMILES string of the molecule is Cc1ccc(C#N)cc1C1(N2c3ccccc3Oc3ccccc32)c2ccccc2N(c2ccccc2)c2ccccc21. The molecule has 6 aromatic carbocycles. The monoisotopic (exact) mass is 553 g/mol. The second kappa shape index (κ2) is 9.65. The van der Waals surface area contributed by atoms with Gasteiger partial charge in [0.2, 0.25) is 0 Å². The van der Waals surface area contributed by atoms with Crippen molar-refractivity contribution < 1.29 is 4.74 Å². The molecule has 6 aromatic rings. The third kappa shape index (κ3) is 3.55. The van der Waals surface area contributed by atoms with Gasteiger partial charge in [-0.2, -0.15) is 5.26 Å². The lowest BCUT2D eigenvalue weighted by molar-refractivity contribution is 0.459. The van der Waals surface area contributed by atoms with Crippen molar-refractivity contribution in [3.05, 3.63) is 173 Å². The van der Waals surface area contributed by atoms with Crippen LogP contribution in [0.5, 0.6) is 11.5 Å². The van der Waals surface area contributed by atoms with E-state index in [4.69, 9.17) is 4.74 Å². The van der Waals surface area contributed by atoms with Crippen LogP contribution in [-0.2, 0) is 5.54 Å². The number of ether oxygens (including phenoxy) is 1. The van der Waals surface area contributed by atoms with Gasteiger partial charge in [-0.15, -0.1) is 0 Å². The van der Waals surface area contributed by atoms with E-state index in [9.17, 15) is 5.26 Å². The van der Waals surface area contributed by atoms with Crippen LogP contribution in [0.4, 0.5) is 28.4 Å². The molecular formula is C39H27N3O. The van der Waals surface area contributed by atoms with Crippen LogP contribution < -0.4 is 14.5 Å². The van der Waals surface area contributed by atoms with E-state index in [0.29, 0.717) is 5.56 Å². The predicted octanol–water partition coefficient (Wildman–Crippen LogP) is 9.89. The molecule has 43 heavy (non-hydrogen) atoms. The summed E-state index contributed by atoms with van der Waals surface area (Å²) in [5, 5.41) is 10.2. The number of nitriles is 1. The molecule has 4 nitrogen and oxygen atoms in total. The average molecular weight is 554 g/mol. The molecule has 8 rings (SSSR count). The van der Waals surface area contributed by atoms with E-state index in [1.165, 1.54) is 0 Å².